The molecule has 118 valence electrons. The molecule has 3 heterocycles. The van der Waals surface area contributed by atoms with E-state index in [0.717, 1.165) is 15.6 Å². The van der Waals surface area contributed by atoms with Crippen molar-refractivity contribution in [3.05, 3.63) is 46.3 Å². The predicted molar refractivity (Wildman–Crippen MR) is 92.5 cm³/mol. The van der Waals surface area contributed by atoms with E-state index in [1.54, 1.807) is 24.5 Å². The first kappa shape index (κ1) is 15.6. The number of carbonyl (C=O) groups is 1. The molecule has 0 spiro atoms. The van der Waals surface area contributed by atoms with E-state index in [9.17, 15) is 4.79 Å². The molecule has 7 heteroatoms. The first-order valence-corrected chi connectivity index (χ1v) is 8.03. The van der Waals surface area contributed by atoms with Crippen molar-refractivity contribution >= 4 is 38.7 Å². The van der Waals surface area contributed by atoms with Crippen molar-refractivity contribution in [3.63, 3.8) is 0 Å². The summed E-state index contributed by atoms with van der Waals surface area (Å²) in [5, 5.41) is 7.89. The van der Waals surface area contributed by atoms with Crippen LogP contribution in [0, 0.1) is 6.92 Å². The van der Waals surface area contributed by atoms with Crippen LogP contribution in [0.15, 0.2) is 35.1 Å². The molecule has 0 atom stereocenters. The Bertz CT molecular complexity index is 870. The van der Waals surface area contributed by atoms with Crippen molar-refractivity contribution in [2.24, 2.45) is 0 Å². The second-order valence-corrected chi connectivity index (χ2v) is 6.46. The van der Waals surface area contributed by atoms with Gasteiger partial charge < -0.3 is 5.32 Å². The maximum atomic E-state index is 12.6. The van der Waals surface area contributed by atoms with Gasteiger partial charge in [0.2, 0.25) is 0 Å². The normalized spacial score (nSPS) is 11.2. The smallest absolute Gasteiger partial charge is 0.257 e. The van der Waals surface area contributed by atoms with Gasteiger partial charge in [-0.05, 0) is 54.9 Å². The Morgan fingerprint density at radius 2 is 2.09 bits per heavy atom. The van der Waals surface area contributed by atoms with Gasteiger partial charge in [-0.15, -0.1) is 0 Å². The first-order valence-electron chi connectivity index (χ1n) is 7.23. The quantitative estimate of drug-likeness (QED) is 0.758. The fourth-order valence-electron chi connectivity index (χ4n) is 2.34. The van der Waals surface area contributed by atoms with Crippen LogP contribution in [0.3, 0.4) is 0 Å². The molecular weight excluding hydrogens is 358 g/mol. The number of fused-ring (bicyclic) bond motifs is 1. The van der Waals surface area contributed by atoms with E-state index in [1.165, 1.54) is 0 Å². The average Bonchev–Trinajstić information content (AvgIpc) is 2.92. The van der Waals surface area contributed by atoms with Crippen LogP contribution in [-0.2, 0) is 0 Å². The molecule has 0 saturated carbocycles. The van der Waals surface area contributed by atoms with Gasteiger partial charge in [0, 0.05) is 22.4 Å². The van der Waals surface area contributed by atoms with Crippen LogP contribution < -0.4 is 5.32 Å². The number of nitrogens with one attached hydrogen (secondary N) is 1. The van der Waals surface area contributed by atoms with E-state index in [4.69, 9.17) is 0 Å². The van der Waals surface area contributed by atoms with E-state index < -0.39 is 0 Å². The minimum atomic E-state index is -0.223. The van der Waals surface area contributed by atoms with E-state index in [-0.39, 0.29) is 11.9 Å². The van der Waals surface area contributed by atoms with Gasteiger partial charge in [-0.2, -0.15) is 5.10 Å². The van der Waals surface area contributed by atoms with Crippen LogP contribution in [-0.4, -0.2) is 25.7 Å². The summed E-state index contributed by atoms with van der Waals surface area (Å²) >= 11 is 3.32. The molecule has 6 nitrogen and oxygen atoms in total. The van der Waals surface area contributed by atoms with Gasteiger partial charge in [0.25, 0.3) is 5.91 Å². The number of hydrogen-bond donors (Lipinski definition) is 1. The number of nitrogens with zero attached hydrogens (tertiary/aromatic N) is 4. The molecule has 1 amide bonds. The molecule has 0 aliphatic heterocycles. The lowest BCUT2D eigenvalue weighted by Gasteiger charge is -2.09. The topological polar surface area (TPSA) is 72.7 Å². The molecule has 23 heavy (non-hydrogen) atoms. The molecule has 1 N–H and O–H groups in total. The van der Waals surface area contributed by atoms with Crippen LogP contribution in [0.25, 0.3) is 11.0 Å². The summed E-state index contributed by atoms with van der Waals surface area (Å²) in [6.45, 7) is 5.93. The molecule has 3 aromatic rings. The number of amides is 1. The largest absolute Gasteiger partial charge is 0.307 e. The van der Waals surface area contributed by atoms with Crippen molar-refractivity contribution in [3.8, 4) is 0 Å². The van der Waals surface area contributed by atoms with Gasteiger partial charge in [0.05, 0.1) is 17.1 Å². The highest BCUT2D eigenvalue weighted by Gasteiger charge is 2.17. The lowest BCUT2D eigenvalue weighted by Crippen LogP contribution is -2.14. The van der Waals surface area contributed by atoms with Crippen LogP contribution in [0.4, 0.5) is 5.82 Å². The van der Waals surface area contributed by atoms with E-state index in [0.29, 0.717) is 17.0 Å². The third kappa shape index (κ3) is 3.10. The Hall–Kier alpha value is -2.28. The van der Waals surface area contributed by atoms with E-state index in [1.807, 2.05) is 31.5 Å². The molecule has 0 aliphatic carbocycles. The highest BCUT2D eigenvalue weighted by atomic mass is 79.9. The van der Waals surface area contributed by atoms with E-state index in [2.05, 4.69) is 36.3 Å². The van der Waals surface area contributed by atoms with Crippen molar-refractivity contribution in [2.75, 3.05) is 5.32 Å². The second kappa shape index (κ2) is 6.08. The average molecular weight is 374 g/mol. The van der Waals surface area contributed by atoms with Crippen LogP contribution in [0.2, 0.25) is 0 Å². The maximum Gasteiger partial charge on any atom is 0.257 e. The summed E-state index contributed by atoms with van der Waals surface area (Å²) in [4.78, 5) is 21.3. The summed E-state index contributed by atoms with van der Waals surface area (Å²) < 4.78 is 2.67. The second-order valence-electron chi connectivity index (χ2n) is 5.55. The molecule has 3 rings (SSSR count). The fourth-order valence-corrected chi connectivity index (χ4v) is 2.58. The summed E-state index contributed by atoms with van der Waals surface area (Å²) in [6, 6.07) is 5.51. The Morgan fingerprint density at radius 1 is 1.30 bits per heavy atom. The van der Waals surface area contributed by atoms with Crippen molar-refractivity contribution in [2.45, 2.75) is 26.8 Å². The number of hydrogen-bond acceptors (Lipinski definition) is 4. The monoisotopic (exact) mass is 373 g/mol. The van der Waals surface area contributed by atoms with Crippen molar-refractivity contribution in [1.29, 1.82) is 0 Å². The highest BCUT2D eigenvalue weighted by molar-refractivity contribution is 9.10. The summed E-state index contributed by atoms with van der Waals surface area (Å²) in [5.41, 5.74) is 2.03. The standard InChI is InChI=1S/C16H16BrN5O/c1-9(2)22-15-13(8-19-22)12(6-10(3)20-15)16(23)21-14-5-4-11(17)7-18-14/h4-9H,1-3H3,(H,18,21,23). The number of aromatic nitrogens is 4. The number of rotatable bonds is 3. The molecule has 3 aromatic heterocycles. The number of pyridine rings is 2. The summed E-state index contributed by atoms with van der Waals surface area (Å²) in [5.74, 6) is 0.274. The number of aryl methyl sites for hydroxylation is 1. The number of anilines is 1. The molecular formula is C16H16BrN5O. The Morgan fingerprint density at radius 3 is 2.74 bits per heavy atom. The Balaban J connectivity index is 2.01. The maximum absolute atomic E-state index is 12.6. The molecule has 0 fully saturated rings. The van der Waals surface area contributed by atoms with Crippen LogP contribution >= 0.6 is 15.9 Å². The van der Waals surface area contributed by atoms with Gasteiger partial charge in [-0.1, -0.05) is 0 Å². The third-order valence-corrected chi connectivity index (χ3v) is 3.87. The molecule has 0 unspecified atom stereocenters. The lowest BCUT2D eigenvalue weighted by molar-refractivity contribution is 0.102. The predicted octanol–water partition coefficient (Wildman–Crippen LogP) is 3.73. The number of carbonyl (C=O) groups excluding carboxylic acids is 1. The molecule has 0 saturated heterocycles. The highest BCUT2D eigenvalue weighted by Crippen LogP contribution is 2.22. The molecule has 0 radical (unpaired) electrons. The van der Waals surface area contributed by atoms with Gasteiger partial charge in [0.1, 0.15) is 5.82 Å². The minimum absolute atomic E-state index is 0.172. The fraction of sp³-hybridized carbons (Fsp3) is 0.250. The lowest BCUT2D eigenvalue weighted by atomic mass is 10.1. The van der Waals surface area contributed by atoms with Crippen molar-refractivity contribution in [1.82, 2.24) is 19.7 Å². The Labute approximate surface area is 142 Å². The van der Waals surface area contributed by atoms with Crippen LogP contribution in [0.5, 0.6) is 0 Å². The summed E-state index contributed by atoms with van der Waals surface area (Å²) in [7, 11) is 0. The van der Waals surface area contributed by atoms with Crippen LogP contribution in [0.1, 0.15) is 35.9 Å². The van der Waals surface area contributed by atoms with Gasteiger partial charge in [-0.3, -0.25) is 4.79 Å². The van der Waals surface area contributed by atoms with Crippen molar-refractivity contribution < 1.29 is 4.79 Å². The van der Waals surface area contributed by atoms with E-state index >= 15 is 0 Å². The SMILES string of the molecule is Cc1cc(C(=O)Nc2ccc(Br)cn2)c2cnn(C(C)C)c2n1. The summed E-state index contributed by atoms with van der Waals surface area (Å²) in [6.07, 6.45) is 3.32. The number of halogens is 1. The zero-order valence-electron chi connectivity index (χ0n) is 13.0. The minimum Gasteiger partial charge on any atom is -0.307 e. The Kier molecular flexibility index (Phi) is 4.12. The zero-order valence-corrected chi connectivity index (χ0v) is 14.6. The first-order chi connectivity index (χ1) is 11.0. The third-order valence-electron chi connectivity index (χ3n) is 3.40. The van der Waals surface area contributed by atoms with Gasteiger partial charge in [-0.25, -0.2) is 14.6 Å². The van der Waals surface area contributed by atoms with Gasteiger partial charge >= 0.3 is 0 Å². The molecule has 0 aromatic carbocycles. The molecule has 0 bridgehead atoms. The molecule has 0 aliphatic rings. The van der Waals surface area contributed by atoms with Gasteiger partial charge in [0.15, 0.2) is 5.65 Å². The zero-order chi connectivity index (χ0) is 16.6.